The second-order valence-electron chi connectivity index (χ2n) is 3.23. The van der Waals surface area contributed by atoms with Crippen molar-refractivity contribution in [3.63, 3.8) is 0 Å². The number of hydrogen-bond acceptors (Lipinski definition) is 2. The summed E-state index contributed by atoms with van der Waals surface area (Å²) in [5.74, 6) is 0.590. The van der Waals surface area contributed by atoms with Crippen LogP contribution in [0.2, 0.25) is 0 Å². The van der Waals surface area contributed by atoms with Gasteiger partial charge in [0.1, 0.15) is 5.76 Å². The molecule has 78 valence electrons. The van der Waals surface area contributed by atoms with Gasteiger partial charge in [0, 0.05) is 12.6 Å². The van der Waals surface area contributed by atoms with Crippen LogP contribution < -0.4 is 0 Å². The molecule has 0 fully saturated rings. The van der Waals surface area contributed by atoms with E-state index >= 15 is 0 Å². The van der Waals surface area contributed by atoms with Gasteiger partial charge in [0.25, 0.3) is 0 Å². The molecule has 0 aromatic carbocycles. The molecular formula is C13H15NO. The van der Waals surface area contributed by atoms with Crippen LogP contribution in [0.4, 0.5) is 0 Å². The predicted molar refractivity (Wildman–Crippen MR) is 63.2 cm³/mol. The third kappa shape index (κ3) is 3.09. The Morgan fingerprint density at radius 1 is 1.33 bits per heavy atom. The molecule has 0 N–H and O–H groups in total. The number of nitrogens with zero attached hydrogens (tertiary/aromatic N) is 1. The van der Waals surface area contributed by atoms with Crippen LogP contribution in [0, 0.1) is 0 Å². The van der Waals surface area contributed by atoms with Gasteiger partial charge in [-0.1, -0.05) is 25.8 Å². The molecule has 0 saturated carbocycles. The quantitative estimate of drug-likeness (QED) is 0.539. The SMILES string of the molecule is C=C(CC(=C)c1ccccn1)C(=C)OC. The molecule has 0 atom stereocenters. The number of ether oxygens (including phenoxy) is 1. The number of aromatic nitrogens is 1. The summed E-state index contributed by atoms with van der Waals surface area (Å²) in [6, 6.07) is 5.73. The zero-order valence-electron chi connectivity index (χ0n) is 8.99. The van der Waals surface area contributed by atoms with Gasteiger partial charge in [0.15, 0.2) is 0 Å². The predicted octanol–water partition coefficient (Wildman–Crippen LogP) is 3.20. The third-order valence-electron chi connectivity index (χ3n) is 2.09. The molecule has 1 heterocycles. The second-order valence-corrected chi connectivity index (χ2v) is 3.23. The standard InChI is InChI=1S/C13H15NO/c1-10(12(3)15-4)9-11(2)13-7-5-6-8-14-13/h5-8H,1-3,9H2,4H3. The lowest BCUT2D eigenvalue weighted by Gasteiger charge is -2.09. The molecule has 2 heteroatoms. The molecule has 0 bridgehead atoms. The van der Waals surface area contributed by atoms with Crippen LogP contribution in [-0.2, 0) is 4.74 Å². The van der Waals surface area contributed by atoms with Gasteiger partial charge in [-0.15, -0.1) is 0 Å². The van der Waals surface area contributed by atoms with Crippen molar-refractivity contribution < 1.29 is 4.74 Å². The number of allylic oxidation sites excluding steroid dienone is 2. The van der Waals surface area contributed by atoms with E-state index in [9.17, 15) is 0 Å². The van der Waals surface area contributed by atoms with Gasteiger partial charge in [-0.2, -0.15) is 0 Å². The molecule has 2 nitrogen and oxygen atoms in total. The summed E-state index contributed by atoms with van der Waals surface area (Å²) < 4.78 is 4.99. The van der Waals surface area contributed by atoms with Crippen LogP contribution in [0.3, 0.4) is 0 Å². The lowest BCUT2D eigenvalue weighted by molar-refractivity contribution is 0.302. The van der Waals surface area contributed by atoms with E-state index < -0.39 is 0 Å². The highest BCUT2D eigenvalue weighted by molar-refractivity contribution is 5.63. The second kappa shape index (κ2) is 5.15. The normalized spacial score (nSPS) is 9.40. The first-order valence-electron chi connectivity index (χ1n) is 4.65. The maximum atomic E-state index is 4.99. The number of hydrogen-bond donors (Lipinski definition) is 0. The van der Waals surface area contributed by atoms with E-state index in [1.54, 1.807) is 13.3 Å². The van der Waals surface area contributed by atoms with Crippen molar-refractivity contribution in [3.05, 3.63) is 61.2 Å². The Balaban J connectivity index is 2.65. The van der Waals surface area contributed by atoms with Crippen molar-refractivity contribution in [2.75, 3.05) is 7.11 Å². The summed E-state index contributed by atoms with van der Waals surface area (Å²) in [6.45, 7) is 11.6. The minimum atomic E-state index is 0.590. The Kier molecular flexibility index (Phi) is 3.86. The first-order chi connectivity index (χ1) is 7.15. The van der Waals surface area contributed by atoms with E-state index in [4.69, 9.17) is 4.74 Å². The lowest BCUT2D eigenvalue weighted by Crippen LogP contribution is -1.93. The summed E-state index contributed by atoms with van der Waals surface area (Å²) in [6.07, 6.45) is 2.37. The summed E-state index contributed by atoms with van der Waals surface area (Å²) in [7, 11) is 1.58. The number of pyridine rings is 1. The van der Waals surface area contributed by atoms with Gasteiger partial charge < -0.3 is 4.74 Å². The molecule has 0 spiro atoms. The number of methoxy groups -OCH3 is 1. The minimum absolute atomic E-state index is 0.590. The van der Waals surface area contributed by atoms with E-state index in [0.29, 0.717) is 12.2 Å². The molecular weight excluding hydrogens is 186 g/mol. The first-order valence-corrected chi connectivity index (χ1v) is 4.65. The van der Waals surface area contributed by atoms with Crippen LogP contribution in [0.15, 0.2) is 55.5 Å². The maximum Gasteiger partial charge on any atom is 0.114 e. The van der Waals surface area contributed by atoms with Crippen LogP contribution in [0.25, 0.3) is 5.57 Å². The average molecular weight is 201 g/mol. The van der Waals surface area contributed by atoms with Crippen LogP contribution in [0.5, 0.6) is 0 Å². The van der Waals surface area contributed by atoms with Gasteiger partial charge in [0.2, 0.25) is 0 Å². The van der Waals surface area contributed by atoms with Gasteiger partial charge in [-0.05, 0) is 23.3 Å². The molecule has 0 aliphatic heterocycles. The molecule has 0 radical (unpaired) electrons. The van der Waals surface area contributed by atoms with Crippen molar-refractivity contribution in [1.29, 1.82) is 0 Å². The lowest BCUT2D eigenvalue weighted by atomic mass is 10.0. The molecule has 1 aromatic heterocycles. The van der Waals surface area contributed by atoms with E-state index in [1.807, 2.05) is 18.2 Å². The van der Waals surface area contributed by atoms with Crippen molar-refractivity contribution in [3.8, 4) is 0 Å². The van der Waals surface area contributed by atoms with E-state index in [1.165, 1.54) is 0 Å². The van der Waals surface area contributed by atoms with Gasteiger partial charge in [-0.3, -0.25) is 4.98 Å². The third-order valence-corrected chi connectivity index (χ3v) is 2.09. The summed E-state index contributed by atoms with van der Waals surface area (Å²) in [5, 5.41) is 0. The fraction of sp³-hybridized carbons (Fsp3) is 0.154. The molecule has 0 amide bonds. The van der Waals surface area contributed by atoms with Crippen molar-refractivity contribution in [1.82, 2.24) is 4.98 Å². The summed E-state index contributed by atoms with van der Waals surface area (Å²) >= 11 is 0. The van der Waals surface area contributed by atoms with Gasteiger partial charge in [0.05, 0.1) is 12.8 Å². The van der Waals surface area contributed by atoms with Crippen LogP contribution in [-0.4, -0.2) is 12.1 Å². The van der Waals surface area contributed by atoms with Gasteiger partial charge >= 0.3 is 0 Å². The molecule has 0 aliphatic rings. The Bertz CT molecular complexity index is 379. The Labute approximate surface area is 90.6 Å². The maximum absolute atomic E-state index is 4.99. The monoisotopic (exact) mass is 201 g/mol. The molecule has 0 unspecified atom stereocenters. The fourth-order valence-electron chi connectivity index (χ4n) is 1.16. The van der Waals surface area contributed by atoms with Crippen molar-refractivity contribution in [2.45, 2.75) is 6.42 Å². The first kappa shape index (κ1) is 11.2. The minimum Gasteiger partial charge on any atom is -0.497 e. The summed E-state index contributed by atoms with van der Waals surface area (Å²) in [4.78, 5) is 4.21. The van der Waals surface area contributed by atoms with Crippen molar-refractivity contribution >= 4 is 5.57 Å². The zero-order chi connectivity index (χ0) is 11.3. The molecule has 0 aliphatic carbocycles. The molecule has 1 rings (SSSR count). The average Bonchev–Trinajstić information content (AvgIpc) is 2.29. The molecule has 15 heavy (non-hydrogen) atoms. The Hall–Kier alpha value is -1.83. The van der Waals surface area contributed by atoms with E-state index in [0.717, 1.165) is 16.8 Å². The Morgan fingerprint density at radius 2 is 2.07 bits per heavy atom. The van der Waals surface area contributed by atoms with E-state index in [-0.39, 0.29) is 0 Å². The topological polar surface area (TPSA) is 22.1 Å². The smallest absolute Gasteiger partial charge is 0.114 e. The number of rotatable bonds is 5. The fourth-order valence-corrected chi connectivity index (χ4v) is 1.16. The Morgan fingerprint density at radius 3 is 2.60 bits per heavy atom. The van der Waals surface area contributed by atoms with Crippen molar-refractivity contribution in [2.24, 2.45) is 0 Å². The zero-order valence-corrected chi connectivity index (χ0v) is 8.99. The molecule has 1 aromatic rings. The van der Waals surface area contributed by atoms with E-state index in [2.05, 4.69) is 24.7 Å². The van der Waals surface area contributed by atoms with Crippen LogP contribution in [0.1, 0.15) is 12.1 Å². The largest absolute Gasteiger partial charge is 0.497 e. The van der Waals surface area contributed by atoms with Crippen LogP contribution >= 0.6 is 0 Å². The highest BCUT2D eigenvalue weighted by atomic mass is 16.5. The molecule has 0 saturated heterocycles. The highest BCUT2D eigenvalue weighted by Crippen LogP contribution is 2.21. The summed E-state index contributed by atoms with van der Waals surface area (Å²) in [5.41, 5.74) is 2.62. The van der Waals surface area contributed by atoms with Gasteiger partial charge in [-0.25, -0.2) is 0 Å². The highest BCUT2D eigenvalue weighted by Gasteiger charge is 2.05.